The molecule has 160 valence electrons. The summed E-state index contributed by atoms with van der Waals surface area (Å²) in [6.07, 6.45) is 1.40. The number of para-hydroxylation sites is 2. The number of nitrogens with zero attached hydrogens (tertiary/aromatic N) is 3. The van der Waals surface area contributed by atoms with E-state index in [0.717, 1.165) is 28.0 Å². The van der Waals surface area contributed by atoms with E-state index in [1.54, 1.807) is 6.08 Å². The summed E-state index contributed by atoms with van der Waals surface area (Å²) < 4.78 is 13.9. The van der Waals surface area contributed by atoms with Crippen LogP contribution in [0, 0.1) is 20.8 Å². The Labute approximate surface area is 186 Å². The number of ether oxygens (including phenoxy) is 2. The van der Waals surface area contributed by atoms with Gasteiger partial charge in [0, 0.05) is 12.1 Å². The van der Waals surface area contributed by atoms with Gasteiger partial charge in [-0.3, -0.25) is 9.36 Å². The second-order valence-corrected chi connectivity index (χ2v) is 8.53. The normalized spacial score (nSPS) is 15.0. The minimum Gasteiger partial charge on any atom is -0.485 e. The van der Waals surface area contributed by atoms with Crippen LogP contribution in [0.2, 0.25) is 0 Å². The molecule has 0 amide bonds. The Bertz CT molecular complexity index is 1120. The number of thioether (sulfide) groups is 1. The fourth-order valence-electron chi connectivity index (χ4n) is 3.91. The van der Waals surface area contributed by atoms with Gasteiger partial charge in [0.15, 0.2) is 34.4 Å². The molecule has 0 spiro atoms. The van der Waals surface area contributed by atoms with Crippen LogP contribution in [0.25, 0.3) is 0 Å². The number of aryl methyl sites for hydroxylation is 3. The summed E-state index contributed by atoms with van der Waals surface area (Å²) in [7, 11) is 0. The summed E-state index contributed by atoms with van der Waals surface area (Å²) in [5, 5.41) is 9.35. The largest absolute Gasteiger partial charge is 0.485 e. The van der Waals surface area contributed by atoms with E-state index < -0.39 is 0 Å². The van der Waals surface area contributed by atoms with Crippen molar-refractivity contribution in [2.75, 3.05) is 12.4 Å². The molecule has 0 bridgehead atoms. The van der Waals surface area contributed by atoms with Crippen LogP contribution >= 0.6 is 11.8 Å². The molecule has 0 saturated carbocycles. The van der Waals surface area contributed by atoms with Crippen LogP contribution in [0.3, 0.4) is 0 Å². The van der Waals surface area contributed by atoms with Crippen molar-refractivity contribution in [3.8, 4) is 11.5 Å². The molecule has 0 fully saturated rings. The van der Waals surface area contributed by atoms with Crippen molar-refractivity contribution in [3.05, 3.63) is 77.1 Å². The molecule has 2 aromatic carbocycles. The van der Waals surface area contributed by atoms with E-state index in [9.17, 15) is 4.79 Å². The fraction of sp³-hybridized carbons (Fsp3) is 0.292. The van der Waals surface area contributed by atoms with Gasteiger partial charge in [0.2, 0.25) is 0 Å². The molecule has 0 radical (unpaired) electrons. The molecule has 1 aliphatic rings. The van der Waals surface area contributed by atoms with Gasteiger partial charge in [0.1, 0.15) is 6.61 Å². The molecule has 1 atom stereocenters. The van der Waals surface area contributed by atoms with Crippen LogP contribution in [-0.2, 0) is 6.54 Å². The highest BCUT2D eigenvalue weighted by atomic mass is 32.2. The Hall–Kier alpha value is -3.06. The minimum absolute atomic E-state index is 0.0841. The first kappa shape index (κ1) is 21.2. The first-order valence-electron chi connectivity index (χ1n) is 10.1. The second kappa shape index (κ2) is 8.98. The van der Waals surface area contributed by atoms with Crippen LogP contribution in [0.4, 0.5) is 0 Å². The number of aromatic nitrogens is 3. The predicted molar refractivity (Wildman–Crippen MR) is 121 cm³/mol. The van der Waals surface area contributed by atoms with Crippen molar-refractivity contribution in [2.45, 2.75) is 38.6 Å². The monoisotopic (exact) mass is 435 g/mol. The lowest BCUT2D eigenvalue weighted by atomic mass is 9.97. The molecule has 0 N–H and O–H groups in total. The van der Waals surface area contributed by atoms with Gasteiger partial charge >= 0.3 is 0 Å². The van der Waals surface area contributed by atoms with Gasteiger partial charge in [-0.25, -0.2) is 0 Å². The summed E-state index contributed by atoms with van der Waals surface area (Å²) in [5.74, 6) is 2.43. The molecule has 31 heavy (non-hydrogen) atoms. The Kier molecular flexibility index (Phi) is 6.13. The topological polar surface area (TPSA) is 66.2 Å². The molecule has 4 rings (SSSR count). The van der Waals surface area contributed by atoms with E-state index >= 15 is 0 Å². The van der Waals surface area contributed by atoms with Crippen molar-refractivity contribution >= 4 is 17.5 Å². The van der Waals surface area contributed by atoms with Gasteiger partial charge in [-0.2, -0.15) is 0 Å². The lowest BCUT2D eigenvalue weighted by Crippen LogP contribution is -2.25. The highest BCUT2D eigenvalue weighted by Gasteiger charge is 2.28. The molecule has 0 aliphatic carbocycles. The van der Waals surface area contributed by atoms with E-state index in [1.165, 1.54) is 11.8 Å². The Balaban J connectivity index is 1.53. The number of hydrogen-bond acceptors (Lipinski definition) is 6. The van der Waals surface area contributed by atoms with E-state index in [1.807, 2.05) is 61.7 Å². The van der Waals surface area contributed by atoms with Crippen LogP contribution in [0.5, 0.6) is 11.5 Å². The first-order chi connectivity index (χ1) is 15.0. The standard InChI is InChI=1S/C24H25N3O3S/c1-5-10-27-23(21-13-29-19-8-6-7-9-20(19)30-21)25-26-24(27)31-14-18(28)22-16(3)11-15(2)12-17(22)4/h5-9,11-12,21H,1,10,13-14H2,2-4H3. The van der Waals surface area contributed by atoms with Gasteiger partial charge in [-0.05, 0) is 44.0 Å². The zero-order chi connectivity index (χ0) is 22.0. The molecule has 2 heterocycles. The first-order valence-corrected chi connectivity index (χ1v) is 11.1. The number of carbonyl (C=O) groups excluding carboxylic acids is 1. The SMILES string of the molecule is C=CCn1c(SCC(=O)c2c(C)cc(C)cc2C)nnc1C1COc2ccccc2O1. The summed E-state index contributed by atoms with van der Waals surface area (Å²) in [4.78, 5) is 12.9. The Morgan fingerprint density at radius 3 is 2.61 bits per heavy atom. The van der Waals surface area contributed by atoms with Crippen LogP contribution < -0.4 is 9.47 Å². The number of allylic oxidation sites excluding steroid dienone is 1. The van der Waals surface area contributed by atoms with Crippen molar-refractivity contribution in [2.24, 2.45) is 0 Å². The van der Waals surface area contributed by atoms with Crippen LogP contribution in [-0.4, -0.2) is 32.9 Å². The van der Waals surface area contributed by atoms with E-state index in [2.05, 4.69) is 16.8 Å². The van der Waals surface area contributed by atoms with E-state index in [4.69, 9.17) is 9.47 Å². The molecule has 3 aromatic rings. The third-order valence-corrected chi connectivity index (χ3v) is 6.11. The number of ketones is 1. The lowest BCUT2D eigenvalue weighted by molar-refractivity contribution is 0.0821. The number of hydrogen-bond donors (Lipinski definition) is 0. The molecule has 1 unspecified atom stereocenters. The molecule has 1 aromatic heterocycles. The molecule has 0 saturated heterocycles. The Morgan fingerprint density at radius 1 is 1.19 bits per heavy atom. The van der Waals surface area contributed by atoms with Crippen molar-refractivity contribution in [1.82, 2.24) is 14.8 Å². The highest BCUT2D eigenvalue weighted by Crippen LogP contribution is 2.36. The zero-order valence-electron chi connectivity index (χ0n) is 17.9. The van der Waals surface area contributed by atoms with Gasteiger partial charge in [-0.15, -0.1) is 16.8 Å². The second-order valence-electron chi connectivity index (χ2n) is 7.59. The number of rotatable bonds is 7. The molecule has 6 nitrogen and oxygen atoms in total. The number of benzene rings is 2. The minimum atomic E-state index is -0.381. The summed E-state index contributed by atoms with van der Waals surface area (Å²) in [6, 6.07) is 11.6. The zero-order valence-corrected chi connectivity index (χ0v) is 18.7. The third kappa shape index (κ3) is 4.37. The molecule has 1 aliphatic heterocycles. The predicted octanol–water partition coefficient (Wildman–Crippen LogP) is 4.88. The maximum Gasteiger partial charge on any atom is 0.192 e. The van der Waals surface area contributed by atoms with Gasteiger partial charge in [0.05, 0.1) is 5.75 Å². The van der Waals surface area contributed by atoms with Gasteiger partial charge in [-0.1, -0.05) is 47.7 Å². The average molecular weight is 436 g/mol. The fourth-order valence-corrected chi connectivity index (χ4v) is 4.74. The molecular formula is C24H25N3O3S. The third-order valence-electron chi connectivity index (χ3n) is 5.14. The summed E-state index contributed by atoms with van der Waals surface area (Å²) in [5.41, 5.74) is 3.95. The van der Waals surface area contributed by atoms with Crippen LogP contribution in [0.1, 0.15) is 39.0 Å². The van der Waals surface area contributed by atoms with Crippen LogP contribution in [0.15, 0.2) is 54.2 Å². The maximum atomic E-state index is 12.9. The van der Waals surface area contributed by atoms with Crippen molar-refractivity contribution in [1.29, 1.82) is 0 Å². The Morgan fingerprint density at radius 2 is 1.90 bits per heavy atom. The average Bonchev–Trinajstić information content (AvgIpc) is 3.14. The smallest absolute Gasteiger partial charge is 0.192 e. The lowest BCUT2D eigenvalue weighted by Gasteiger charge is -2.26. The number of fused-ring (bicyclic) bond motifs is 1. The summed E-state index contributed by atoms with van der Waals surface area (Å²) in [6.45, 7) is 10.7. The van der Waals surface area contributed by atoms with Gasteiger partial charge in [0.25, 0.3) is 0 Å². The maximum absolute atomic E-state index is 12.9. The number of carbonyl (C=O) groups is 1. The van der Waals surface area contributed by atoms with E-state index in [-0.39, 0.29) is 17.6 Å². The van der Waals surface area contributed by atoms with E-state index in [0.29, 0.717) is 29.9 Å². The quantitative estimate of drug-likeness (QED) is 0.299. The van der Waals surface area contributed by atoms with Gasteiger partial charge < -0.3 is 9.47 Å². The van der Waals surface area contributed by atoms with Crippen molar-refractivity contribution in [3.63, 3.8) is 0 Å². The highest BCUT2D eigenvalue weighted by molar-refractivity contribution is 7.99. The van der Waals surface area contributed by atoms with Crippen molar-refractivity contribution < 1.29 is 14.3 Å². The molecule has 7 heteroatoms. The molecular weight excluding hydrogens is 410 g/mol. The number of Topliss-reactive ketones (excluding diaryl/α,β-unsaturated/α-hetero) is 1. The summed E-state index contributed by atoms with van der Waals surface area (Å²) >= 11 is 1.38.